The van der Waals surface area contributed by atoms with E-state index >= 15 is 0 Å². The summed E-state index contributed by atoms with van der Waals surface area (Å²) >= 11 is 0. The number of aryl methyl sites for hydroxylation is 1. The van der Waals surface area contributed by atoms with Crippen molar-refractivity contribution in [2.75, 3.05) is 13.2 Å². The van der Waals surface area contributed by atoms with Crippen LogP contribution in [-0.4, -0.2) is 40.1 Å². The third-order valence-electron chi connectivity index (χ3n) is 4.56. The van der Waals surface area contributed by atoms with Crippen LogP contribution in [0.5, 0.6) is 0 Å². The van der Waals surface area contributed by atoms with Gasteiger partial charge in [-0.25, -0.2) is 0 Å². The Kier molecular flexibility index (Phi) is 5.00. The normalized spacial score (nSPS) is 17.6. The number of halogens is 3. The minimum atomic E-state index is -4.44. The van der Waals surface area contributed by atoms with Crippen molar-refractivity contribution in [3.05, 3.63) is 53.2 Å². The average Bonchev–Trinajstić information content (AvgIpc) is 3.08. The molecule has 0 saturated carbocycles. The maximum atomic E-state index is 13.0. The molecule has 138 valence electrons. The van der Waals surface area contributed by atoms with Crippen LogP contribution in [0.2, 0.25) is 0 Å². The summed E-state index contributed by atoms with van der Waals surface area (Å²) in [5.74, 6) is -0.179. The number of carbonyl (C=O) groups is 1. The fourth-order valence-electron chi connectivity index (χ4n) is 3.22. The minimum absolute atomic E-state index is 0.0722. The van der Waals surface area contributed by atoms with Gasteiger partial charge in [-0.2, -0.15) is 13.2 Å². The number of amides is 1. The SMILES string of the molecule is Cc1cc(C(F)(F)F)cc(-c2ccc(C(=O)N3CCC[C@H]3CO)cc2)n1. The zero-order valence-electron chi connectivity index (χ0n) is 14.3. The first-order chi connectivity index (χ1) is 12.3. The average molecular weight is 364 g/mol. The molecule has 1 saturated heterocycles. The molecule has 7 heteroatoms. The van der Waals surface area contributed by atoms with Crippen LogP contribution in [-0.2, 0) is 6.18 Å². The van der Waals surface area contributed by atoms with E-state index in [1.807, 2.05) is 0 Å². The van der Waals surface area contributed by atoms with E-state index in [1.54, 1.807) is 29.2 Å². The summed E-state index contributed by atoms with van der Waals surface area (Å²) < 4.78 is 38.9. The highest BCUT2D eigenvalue weighted by atomic mass is 19.4. The fraction of sp³-hybridized carbons (Fsp3) is 0.368. The zero-order valence-corrected chi connectivity index (χ0v) is 14.3. The molecule has 2 aromatic rings. The second kappa shape index (κ2) is 7.07. The number of hydrogen-bond acceptors (Lipinski definition) is 3. The van der Waals surface area contributed by atoms with E-state index in [-0.39, 0.29) is 29.9 Å². The first kappa shape index (κ1) is 18.4. The van der Waals surface area contributed by atoms with Crippen LogP contribution >= 0.6 is 0 Å². The van der Waals surface area contributed by atoms with Crippen LogP contribution in [0.25, 0.3) is 11.3 Å². The molecule has 0 unspecified atom stereocenters. The number of pyridine rings is 1. The van der Waals surface area contributed by atoms with Crippen molar-refractivity contribution in [1.82, 2.24) is 9.88 Å². The smallest absolute Gasteiger partial charge is 0.394 e. The Morgan fingerprint density at radius 1 is 1.27 bits per heavy atom. The summed E-state index contributed by atoms with van der Waals surface area (Å²) in [6.07, 6.45) is -2.82. The van der Waals surface area contributed by atoms with Crippen molar-refractivity contribution >= 4 is 5.91 Å². The molecule has 1 N–H and O–H groups in total. The van der Waals surface area contributed by atoms with Crippen LogP contribution in [0.3, 0.4) is 0 Å². The topological polar surface area (TPSA) is 53.4 Å². The van der Waals surface area contributed by atoms with E-state index in [9.17, 15) is 23.1 Å². The number of benzene rings is 1. The molecule has 2 heterocycles. The van der Waals surface area contributed by atoms with Crippen molar-refractivity contribution < 1.29 is 23.1 Å². The predicted molar refractivity (Wildman–Crippen MR) is 90.6 cm³/mol. The van der Waals surface area contributed by atoms with Gasteiger partial charge >= 0.3 is 6.18 Å². The van der Waals surface area contributed by atoms with Gasteiger partial charge in [0.2, 0.25) is 0 Å². The monoisotopic (exact) mass is 364 g/mol. The van der Waals surface area contributed by atoms with Gasteiger partial charge in [-0.05, 0) is 44.0 Å². The number of aliphatic hydroxyl groups is 1. The molecule has 1 aliphatic heterocycles. The van der Waals surface area contributed by atoms with E-state index in [0.717, 1.165) is 25.0 Å². The first-order valence-corrected chi connectivity index (χ1v) is 8.38. The minimum Gasteiger partial charge on any atom is -0.394 e. The molecule has 1 aliphatic rings. The van der Waals surface area contributed by atoms with Crippen molar-refractivity contribution in [3.63, 3.8) is 0 Å². The van der Waals surface area contributed by atoms with Crippen LogP contribution in [0.15, 0.2) is 36.4 Å². The maximum absolute atomic E-state index is 13.0. The predicted octanol–water partition coefficient (Wildman–Crippen LogP) is 3.67. The van der Waals surface area contributed by atoms with E-state index in [0.29, 0.717) is 17.7 Å². The first-order valence-electron chi connectivity index (χ1n) is 8.38. The van der Waals surface area contributed by atoms with Gasteiger partial charge in [0.25, 0.3) is 5.91 Å². The number of aliphatic hydroxyl groups excluding tert-OH is 1. The molecule has 1 atom stereocenters. The van der Waals surface area contributed by atoms with Gasteiger partial charge in [0.1, 0.15) is 0 Å². The summed E-state index contributed by atoms with van der Waals surface area (Å²) in [6.45, 7) is 2.04. The van der Waals surface area contributed by atoms with Gasteiger partial charge < -0.3 is 10.0 Å². The maximum Gasteiger partial charge on any atom is 0.416 e. The number of rotatable bonds is 3. The lowest BCUT2D eigenvalue weighted by Gasteiger charge is -2.23. The lowest BCUT2D eigenvalue weighted by atomic mass is 10.0. The van der Waals surface area contributed by atoms with Crippen molar-refractivity contribution in [1.29, 1.82) is 0 Å². The standard InChI is InChI=1S/C19H19F3N2O2/c1-12-9-15(19(20,21)22)10-17(23-12)13-4-6-14(7-5-13)18(26)24-8-2-3-16(24)11-25/h4-7,9-10,16,25H,2-3,8,11H2,1H3/t16-/m0/s1. The van der Waals surface area contributed by atoms with Crippen LogP contribution < -0.4 is 0 Å². The Morgan fingerprint density at radius 3 is 2.58 bits per heavy atom. The Labute approximate surface area is 149 Å². The quantitative estimate of drug-likeness (QED) is 0.904. The fourth-order valence-corrected chi connectivity index (χ4v) is 3.22. The lowest BCUT2D eigenvalue weighted by molar-refractivity contribution is -0.137. The van der Waals surface area contributed by atoms with Crippen molar-refractivity contribution in [2.24, 2.45) is 0 Å². The van der Waals surface area contributed by atoms with E-state index in [4.69, 9.17) is 0 Å². The summed E-state index contributed by atoms with van der Waals surface area (Å²) in [5, 5.41) is 9.35. The number of alkyl halides is 3. The molecular formula is C19H19F3N2O2. The molecule has 4 nitrogen and oxygen atoms in total. The summed E-state index contributed by atoms with van der Waals surface area (Å²) in [6, 6.07) is 8.20. The van der Waals surface area contributed by atoms with Crippen molar-refractivity contribution in [3.8, 4) is 11.3 Å². The number of hydrogen-bond donors (Lipinski definition) is 1. The zero-order chi connectivity index (χ0) is 18.9. The Balaban J connectivity index is 1.86. The number of aromatic nitrogens is 1. The lowest BCUT2D eigenvalue weighted by Crippen LogP contribution is -2.37. The molecule has 3 rings (SSSR count). The third-order valence-corrected chi connectivity index (χ3v) is 4.56. The number of carbonyl (C=O) groups excluding carboxylic acids is 1. The Bertz CT molecular complexity index is 803. The van der Waals surface area contributed by atoms with Gasteiger partial charge in [-0.1, -0.05) is 12.1 Å². The Morgan fingerprint density at radius 2 is 1.96 bits per heavy atom. The summed E-state index contributed by atoms with van der Waals surface area (Å²) in [7, 11) is 0. The second-order valence-corrected chi connectivity index (χ2v) is 6.43. The molecule has 0 radical (unpaired) electrons. The highest BCUT2D eigenvalue weighted by Crippen LogP contribution is 2.32. The molecule has 1 aromatic heterocycles. The van der Waals surface area contributed by atoms with Crippen LogP contribution in [0.1, 0.15) is 34.5 Å². The molecule has 0 aliphatic carbocycles. The molecular weight excluding hydrogens is 345 g/mol. The van der Waals surface area contributed by atoms with E-state index in [2.05, 4.69) is 4.98 Å². The van der Waals surface area contributed by atoms with Gasteiger partial charge in [0.05, 0.1) is 23.9 Å². The van der Waals surface area contributed by atoms with Gasteiger partial charge in [0.15, 0.2) is 0 Å². The third kappa shape index (κ3) is 3.72. The van der Waals surface area contributed by atoms with Gasteiger partial charge in [-0.15, -0.1) is 0 Å². The van der Waals surface area contributed by atoms with Crippen LogP contribution in [0, 0.1) is 6.92 Å². The highest BCUT2D eigenvalue weighted by Gasteiger charge is 2.31. The molecule has 1 fully saturated rings. The Hall–Kier alpha value is -2.41. The second-order valence-electron chi connectivity index (χ2n) is 6.43. The number of nitrogens with zero attached hydrogens (tertiary/aromatic N) is 2. The largest absolute Gasteiger partial charge is 0.416 e. The van der Waals surface area contributed by atoms with Crippen molar-refractivity contribution in [2.45, 2.75) is 32.0 Å². The van der Waals surface area contributed by atoms with Gasteiger partial charge in [0, 0.05) is 23.4 Å². The number of likely N-dealkylation sites (tertiary alicyclic amines) is 1. The van der Waals surface area contributed by atoms with Crippen LogP contribution in [0.4, 0.5) is 13.2 Å². The molecule has 0 bridgehead atoms. The highest BCUT2D eigenvalue weighted by molar-refractivity contribution is 5.95. The van der Waals surface area contributed by atoms with E-state index < -0.39 is 11.7 Å². The molecule has 1 amide bonds. The molecule has 26 heavy (non-hydrogen) atoms. The summed E-state index contributed by atoms with van der Waals surface area (Å²) in [4.78, 5) is 18.4. The van der Waals surface area contributed by atoms with Gasteiger partial charge in [-0.3, -0.25) is 9.78 Å². The molecule has 1 aromatic carbocycles. The summed E-state index contributed by atoms with van der Waals surface area (Å²) in [5.41, 5.74) is 0.695. The van der Waals surface area contributed by atoms with E-state index in [1.165, 1.54) is 6.92 Å². The molecule has 0 spiro atoms.